The van der Waals surface area contributed by atoms with Crippen LogP contribution in [0.2, 0.25) is 0 Å². The van der Waals surface area contributed by atoms with Crippen LogP contribution in [-0.4, -0.2) is 68.5 Å². The van der Waals surface area contributed by atoms with Crippen LogP contribution in [0.3, 0.4) is 0 Å². The molecule has 0 aromatic heterocycles. The maximum Gasteiger partial charge on any atom is 0.335 e. The van der Waals surface area contributed by atoms with Gasteiger partial charge in [-0.1, -0.05) is 0 Å². The van der Waals surface area contributed by atoms with Crippen LogP contribution < -0.4 is 4.74 Å². The number of carbonyl (C=O) groups is 2. The molecule has 1 aliphatic heterocycles. The van der Waals surface area contributed by atoms with E-state index in [0.717, 1.165) is 0 Å². The molecule has 7 nitrogen and oxygen atoms in total. The molecule has 7 heteroatoms. The van der Waals surface area contributed by atoms with Gasteiger partial charge in [0.25, 0.3) is 5.91 Å². The van der Waals surface area contributed by atoms with Gasteiger partial charge in [-0.2, -0.15) is 0 Å². The van der Waals surface area contributed by atoms with Crippen molar-refractivity contribution in [1.29, 1.82) is 0 Å². The predicted octanol–water partition coefficient (Wildman–Crippen LogP) is 0.881. The van der Waals surface area contributed by atoms with Crippen molar-refractivity contribution in [2.45, 2.75) is 6.10 Å². The average Bonchev–Trinajstić information content (AvgIpc) is 2.54. The van der Waals surface area contributed by atoms with Gasteiger partial charge in [0.15, 0.2) is 0 Å². The van der Waals surface area contributed by atoms with Crippen molar-refractivity contribution in [3.8, 4) is 5.75 Å². The second-order valence-corrected chi connectivity index (χ2v) is 5.01. The SMILES string of the molecule is COc1cc(C(=O)O)cc(C(=O)N(C)C[C@H]2COCCO2)c1. The van der Waals surface area contributed by atoms with Crippen LogP contribution in [0.4, 0.5) is 0 Å². The van der Waals surface area contributed by atoms with Crippen LogP contribution in [0.15, 0.2) is 18.2 Å². The van der Waals surface area contributed by atoms with E-state index in [1.165, 1.54) is 30.2 Å². The number of nitrogens with zero attached hydrogens (tertiary/aromatic N) is 1. The van der Waals surface area contributed by atoms with Gasteiger partial charge in [0.1, 0.15) is 5.75 Å². The Balaban J connectivity index is 2.13. The standard InChI is InChI=1S/C15H19NO6/c1-16(8-13-9-21-3-4-22-13)14(17)10-5-11(15(18)19)7-12(6-10)20-2/h5-7,13H,3-4,8-9H2,1-2H3,(H,18,19)/t13-/m0/s1. The Morgan fingerprint density at radius 2 is 2.05 bits per heavy atom. The van der Waals surface area contributed by atoms with Crippen molar-refractivity contribution in [2.24, 2.45) is 0 Å². The van der Waals surface area contributed by atoms with Crippen molar-refractivity contribution in [1.82, 2.24) is 4.90 Å². The van der Waals surface area contributed by atoms with Gasteiger partial charge in [0.05, 0.1) is 38.6 Å². The van der Waals surface area contributed by atoms with Gasteiger partial charge in [0.2, 0.25) is 0 Å². The maximum absolute atomic E-state index is 12.4. The fourth-order valence-corrected chi connectivity index (χ4v) is 2.21. The molecule has 1 saturated heterocycles. The second-order valence-electron chi connectivity index (χ2n) is 5.01. The predicted molar refractivity (Wildman–Crippen MR) is 77.5 cm³/mol. The summed E-state index contributed by atoms with van der Waals surface area (Å²) in [5.74, 6) is -1.08. The molecule has 1 heterocycles. The number of carboxylic acids is 1. The Labute approximate surface area is 128 Å². The van der Waals surface area contributed by atoms with Crippen molar-refractivity contribution < 1.29 is 28.9 Å². The van der Waals surface area contributed by atoms with Gasteiger partial charge >= 0.3 is 5.97 Å². The third-order valence-electron chi connectivity index (χ3n) is 3.35. The molecule has 0 spiro atoms. The first-order valence-electron chi connectivity index (χ1n) is 6.88. The van der Waals surface area contributed by atoms with Gasteiger partial charge in [-0.15, -0.1) is 0 Å². The van der Waals surface area contributed by atoms with Gasteiger partial charge in [-0.05, 0) is 18.2 Å². The van der Waals surface area contributed by atoms with Crippen LogP contribution in [0.25, 0.3) is 0 Å². The topological polar surface area (TPSA) is 85.3 Å². The smallest absolute Gasteiger partial charge is 0.335 e. The van der Waals surface area contributed by atoms with Gasteiger partial charge in [-0.25, -0.2) is 4.79 Å². The lowest BCUT2D eigenvalue weighted by Crippen LogP contribution is -2.40. The van der Waals surface area contributed by atoms with Crippen molar-refractivity contribution in [3.05, 3.63) is 29.3 Å². The molecule has 1 amide bonds. The number of carbonyl (C=O) groups excluding carboxylic acids is 1. The molecule has 1 atom stereocenters. The Hall–Kier alpha value is -2.12. The molecule has 0 unspecified atom stereocenters. The molecule has 22 heavy (non-hydrogen) atoms. The first kappa shape index (κ1) is 16.3. The summed E-state index contributed by atoms with van der Waals surface area (Å²) in [6.07, 6.45) is -0.174. The fraction of sp³-hybridized carbons (Fsp3) is 0.467. The van der Waals surface area contributed by atoms with Crippen LogP contribution >= 0.6 is 0 Å². The molecule has 0 saturated carbocycles. The van der Waals surface area contributed by atoms with E-state index in [4.69, 9.17) is 19.3 Å². The number of carboxylic acid groups (broad SMARTS) is 1. The molecule has 1 fully saturated rings. The highest BCUT2D eigenvalue weighted by molar-refractivity contribution is 5.98. The molecule has 1 aromatic carbocycles. The van der Waals surface area contributed by atoms with Crippen LogP contribution in [0.5, 0.6) is 5.75 Å². The summed E-state index contributed by atoms with van der Waals surface area (Å²) in [5.41, 5.74) is 0.268. The highest BCUT2D eigenvalue weighted by Crippen LogP contribution is 2.18. The number of rotatable bonds is 5. The molecule has 1 aliphatic rings. The third kappa shape index (κ3) is 3.96. The van der Waals surface area contributed by atoms with Crippen LogP contribution in [0.1, 0.15) is 20.7 Å². The molecular weight excluding hydrogens is 290 g/mol. The molecule has 0 aliphatic carbocycles. The number of benzene rings is 1. The molecule has 1 aromatic rings. The van der Waals surface area contributed by atoms with E-state index in [0.29, 0.717) is 32.1 Å². The molecule has 120 valence electrons. The van der Waals surface area contributed by atoms with E-state index in [9.17, 15) is 9.59 Å². The van der Waals surface area contributed by atoms with Crippen LogP contribution in [0, 0.1) is 0 Å². The molecule has 1 N–H and O–H groups in total. The Kier molecular flexibility index (Phi) is 5.35. The zero-order valence-corrected chi connectivity index (χ0v) is 12.6. The second kappa shape index (κ2) is 7.24. The number of hydrogen-bond acceptors (Lipinski definition) is 5. The molecule has 0 radical (unpaired) electrons. The summed E-state index contributed by atoms with van der Waals surface area (Å²) < 4.78 is 15.8. The highest BCUT2D eigenvalue weighted by atomic mass is 16.6. The van der Waals surface area contributed by atoms with E-state index in [1.54, 1.807) is 7.05 Å². The van der Waals surface area contributed by atoms with Gasteiger partial charge in [-0.3, -0.25) is 4.79 Å². The Morgan fingerprint density at radius 3 is 2.64 bits per heavy atom. The highest BCUT2D eigenvalue weighted by Gasteiger charge is 2.21. The number of likely N-dealkylation sites (N-methyl/N-ethyl adjacent to an activating group) is 1. The summed E-state index contributed by atoms with van der Waals surface area (Å²) in [4.78, 5) is 25.0. The minimum Gasteiger partial charge on any atom is -0.497 e. The summed E-state index contributed by atoms with van der Waals surface area (Å²) in [6, 6.07) is 4.22. The maximum atomic E-state index is 12.4. The van der Waals surface area contributed by atoms with Gasteiger partial charge < -0.3 is 24.2 Å². The molecule has 2 rings (SSSR count). The molecule has 0 bridgehead atoms. The average molecular weight is 309 g/mol. The first-order chi connectivity index (χ1) is 10.5. The van der Waals surface area contributed by atoms with E-state index in [1.807, 2.05) is 0 Å². The quantitative estimate of drug-likeness (QED) is 0.869. The van der Waals surface area contributed by atoms with E-state index >= 15 is 0 Å². The van der Waals surface area contributed by atoms with Crippen molar-refractivity contribution in [3.63, 3.8) is 0 Å². The largest absolute Gasteiger partial charge is 0.497 e. The summed E-state index contributed by atoms with van der Waals surface area (Å²) >= 11 is 0. The number of ether oxygens (including phenoxy) is 3. The van der Waals surface area contributed by atoms with Crippen molar-refractivity contribution >= 4 is 11.9 Å². The van der Waals surface area contributed by atoms with Crippen LogP contribution in [-0.2, 0) is 9.47 Å². The Morgan fingerprint density at radius 1 is 1.32 bits per heavy atom. The number of amides is 1. The van der Waals surface area contributed by atoms with E-state index < -0.39 is 5.97 Å². The first-order valence-corrected chi connectivity index (χ1v) is 6.88. The Bertz CT molecular complexity index is 553. The summed E-state index contributed by atoms with van der Waals surface area (Å²) in [5, 5.41) is 9.09. The number of methoxy groups -OCH3 is 1. The third-order valence-corrected chi connectivity index (χ3v) is 3.35. The summed E-state index contributed by atoms with van der Waals surface area (Å²) in [7, 11) is 3.06. The van der Waals surface area contributed by atoms with E-state index in [2.05, 4.69) is 0 Å². The molecular formula is C15H19NO6. The van der Waals surface area contributed by atoms with Gasteiger partial charge in [0, 0.05) is 19.2 Å². The zero-order chi connectivity index (χ0) is 16.1. The minimum atomic E-state index is -1.11. The monoisotopic (exact) mass is 309 g/mol. The lowest BCUT2D eigenvalue weighted by atomic mass is 10.1. The normalized spacial score (nSPS) is 17.8. The zero-order valence-electron chi connectivity index (χ0n) is 12.6. The lowest BCUT2D eigenvalue weighted by molar-refractivity contribution is -0.0933. The number of aromatic carboxylic acids is 1. The minimum absolute atomic E-state index is 0.00773. The van der Waals surface area contributed by atoms with Crippen molar-refractivity contribution in [2.75, 3.05) is 40.5 Å². The number of hydrogen-bond donors (Lipinski definition) is 1. The van der Waals surface area contributed by atoms with E-state index in [-0.39, 0.29) is 23.1 Å². The fourth-order valence-electron chi connectivity index (χ4n) is 2.21. The lowest BCUT2D eigenvalue weighted by Gasteiger charge is -2.27. The summed E-state index contributed by atoms with van der Waals surface area (Å²) in [6.45, 7) is 1.88.